The zero-order valence-electron chi connectivity index (χ0n) is 9.88. The summed E-state index contributed by atoms with van der Waals surface area (Å²) in [6, 6.07) is 15.1. The van der Waals surface area contributed by atoms with Crippen LogP contribution in [0.25, 0.3) is 6.08 Å². The lowest BCUT2D eigenvalue weighted by atomic mass is 10.2. The quantitative estimate of drug-likeness (QED) is 0.540. The molecule has 2 nitrogen and oxygen atoms in total. The van der Waals surface area contributed by atoms with Crippen molar-refractivity contribution in [3.8, 4) is 12.3 Å². The van der Waals surface area contributed by atoms with Crippen LogP contribution in [0.2, 0.25) is 0 Å². The van der Waals surface area contributed by atoms with Crippen molar-refractivity contribution in [1.82, 2.24) is 0 Å². The van der Waals surface area contributed by atoms with E-state index in [1.54, 1.807) is 6.08 Å². The fourth-order valence-corrected chi connectivity index (χ4v) is 1.42. The van der Waals surface area contributed by atoms with E-state index in [1.807, 2.05) is 48.5 Å². The van der Waals surface area contributed by atoms with Gasteiger partial charge in [0.15, 0.2) is 0 Å². The summed E-state index contributed by atoms with van der Waals surface area (Å²) in [6.45, 7) is 3.70. The maximum Gasteiger partial charge on any atom is 0.0857 e. The largest absolute Gasteiger partial charge is 0.151 e. The van der Waals surface area contributed by atoms with E-state index in [2.05, 4.69) is 22.7 Å². The van der Waals surface area contributed by atoms with Crippen LogP contribution in [-0.4, -0.2) is 0 Å². The third kappa shape index (κ3) is 2.93. The molecule has 2 aromatic carbocycles. The number of terminal acetylenes is 1. The Labute approximate surface area is 107 Å². The van der Waals surface area contributed by atoms with Crippen molar-refractivity contribution >= 4 is 17.5 Å². The fraction of sp³-hybridized carbons (Fsp3) is 0. The zero-order valence-corrected chi connectivity index (χ0v) is 9.88. The summed E-state index contributed by atoms with van der Waals surface area (Å²) in [7, 11) is 0. The van der Waals surface area contributed by atoms with Crippen molar-refractivity contribution in [1.29, 1.82) is 0 Å². The fourth-order valence-electron chi connectivity index (χ4n) is 1.42. The molecule has 0 saturated carbocycles. The molecule has 0 spiro atoms. The summed E-state index contributed by atoms with van der Waals surface area (Å²) < 4.78 is 0. The standard InChI is InChI=1S/C16H12N2/c1-3-13-5-9-15(10-6-13)17-18-16-11-7-14(4-2)8-12-16/h1,4-12H,2H2. The lowest BCUT2D eigenvalue weighted by Crippen LogP contribution is -1.71. The molecule has 2 rings (SSSR count). The van der Waals surface area contributed by atoms with Crippen molar-refractivity contribution < 1.29 is 0 Å². The van der Waals surface area contributed by atoms with Crippen LogP contribution in [0, 0.1) is 12.3 Å². The van der Waals surface area contributed by atoms with Crippen molar-refractivity contribution in [3.05, 3.63) is 66.2 Å². The summed E-state index contributed by atoms with van der Waals surface area (Å²) in [5, 5.41) is 8.28. The van der Waals surface area contributed by atoms with Gasteiger partial charge in [0, 0.05) is 5.56 Å². The first-order chi connectivity index (χ1) is 8.81. The van der Waals surface area contributed by atoms with Crippen LogP contribution in [0.5, 0.6) is 0 Å². The molecule has 0 N–H and O–H groups in total. The van der Waals surface area contributed by atoms with Crippen LogP contribution in [0.15, 0.2) is 65.3 Å². The van der Waals surface area contributed by atoms with Gasteiger partial charge < -0.3 is 0 Å². The van der Waals surface area contributed by atoms with Crippen molar-refractivity contribution in [2.75, 3.05) is 0 Å². The number of nitrogens with zero attached hydrogens (tertiary/aromatic N) is 2. The molecule has 0 aliphatic rings. The molecule has 2 heteroatoms. The minimum Gasteiger partial charge on any atom is -0.151 e. The van der Waals surface area contributed by atoms with Gasteiger partial charge in [-0.2, -0.15) is 10.2 Å². The Hall–Kier alpha value is -2.66. The molecule has 0 aromatic heterocycles. The van der Waals surface area contributed by atoms with Crippen LogP contribution >= 0.6 is 0 Å². The normalized spacial score (nSPS) is 10.2. The number of rotatable bonds is 3. The predicted molar refractivity (Wildman–Crippen MR) is 75.1 cm³/mol. The van der Waals surface area contributed by atoms with Gasteiger partial charge in [-0.05, 0) is 42.0 Å². The topological polar surface area (TPSA) is 24.7 Å². The van der Waals surface area contributed by atoms with Gasteiger partial charge in [-0.1, -0.05) is 30.7 Å². The Bertz CT molecular complexity index is 599. The highest BCUT2D eigenvalue weighted by atomic mass is 15.1. The molecule has 0 aliphatic heterocycles. The summed E-state index contributed by atoms with van der Waals surface area (Å²) in [4.78, 5) is 0. The van der Waals surface area contributed by atoms with E-state index in [1.165, 1.54) is 0 Å². The average molecular weight is 232 g/mol. The van der Waals surface area contributed by atoms with E-state index in [0.717, 1.165) is 22.5 Å². The second-order valence-corrected chi connectivity index (χ2v) is 3.69. The molecular weight excluding hydrogens is 220 g/mol. The van der Waals surface area contributed by atoms with Crippen molar-refractivity contribution in [2.45, 2.75) is 0 Å². The number of benzene rings is 2. The van der Waals surface area contributed by atoms with Crippen LogP contribution in [-0.2, 0) is 0 Å². The van der Waals surface area contributed by atoms with Crippen molar-refractivity contribution in [3.63, 3.8) is 0 Å². The van der Waals surface area contributed by atoms with Gasteiger partial charge in [-0.15, -0.1) is 6.42 Å². The van der Waals surface area contributed by atoms with Crippen LogP contribution in [0.4, 0.5) is 11.4 Å². The lowest BCUT2D eigenvalue weighted by Gasteiger charge is -1.95. The number of hydrogen-bond donors (Lipinski definition) is 0. The highest BCUT2D eigenvalue weighted by Gasteiger charge is 1.92. The Balaban J connectivity index is 2.14. The highest BCUT2D eigenvalue weighted by Crippen LogP contribution is 2.19. The molecule has 0 atom stereocenters. The highest BCUT2D eigenvalue weighted by molar-refractivity contribution is 5.51. The first kappa shape index (κ1) is 11.8. The Kier molecular flexibility index (Phi) is 3.68. The molecule has 86 valence electrons. The monoisotopic (exact) mass is 232 g/mol. The molecule has 0 unspecified atom stereocenters. The summed E-state index contributed by atoms with van der Waals surface area (Å²) in [5.41, 5.74) is 3.49. The van der Waals surface area contributed by atoms with E-state index < -0.39 is 0 Å². The molecule has 0 amide bonds. The Morgan fingerprint density at radius 2 is 1.39 bits per heavy atom. The Morgan fingerprint density at radius 1 is 0.889 bits per heavy atom. The molecule has 0 aliphatic carbocycles. The van der Waals surface area contributed by atoms with Crippen LogP contribution in [0.3, 0.4) is 0 Å². The Morgan fingerprint density at radius 3 is 1.83 bits per heavy atom. The maximum atomic E-state index is 5.28. The molecule has 0 heterocycles. The van der Waals surface area contributed by atoms with Crippen molar-refractivity contribution in [2.24, 2.45) is 10.2 Å². The molecular formula is C16H12N2. The first-order valence-electron chi connectivity index (χ1n) is 5.53. The molecule has 2 aromatic rings. The van der Waals surface area contributed by atoms with Gasteiger partial charge >= 0.3 is 0 Å². The van der Waals surface area contributed by atoms with E-state index in [-0.39, 0.29) is 0 Å². The lowest BCUT2D eigenvalue weighted by molar-refractivity contribution is 1.23. The first-order valence-corrected chi connectivity index (χ1v) is 5.53. The maximum absolute atomic E-state index is 5.28. The van der Waals surface area contributed by atoms with Gasteiger partial charge in [0.25, 0.3) is 0 Å². The predicted octanol–water partition coefficient (Wildman–Crippen LogP) is 4.73. The summed E-state index contributed by atoms with van der Waals surface area (Å²) >= 11 is 0. The van der Waals surface area contributed by atoms with Crippen LogP contribution in [0.1, 0.15) is 11.1 Å². The number of azo groups is 1. The molecule has 0 bridgehead atoms. The minimum absolute atomic E-state index is 0.779. The second-order valence-electron chi connectivity index (χ2n) is 3.69. The van der Waals surface area contributed by atoms with Gasteiger partial charge in [0.05, 0.1) is 11.4 Å². The average Bonchev–Trinajstić information content (AvgIpc) is 2.46. The third-order valence-corrected chi connectivity index (χ3v) is 2.44. The summed E-state index contributed by atoms with van der Waals surface area (Å²) in [5.74, 6) is 2.56. The molecule has 0 fully saturated rings. The number of hydrogen-bond acceptors (Lipinski definition) is 2. The van der Waals surface area contributed by atoms with Gasteiger partial charge in [0.1, 0.15) is 0 Å². The SMILES string of the molecule is C#Cc1ccc(N=Nc2ccc(C=C)cc2)cc1. The van der Waals surface area contributed by atoms with E-state index in [0.29, 0.717) is 0 Å². The minimum atomic E-state index is 0.779. The van der Waals surface area contributed by atoms with Crippen LogP contribution < -0.4 is 0 Å². The second kappa shape index (κ2) is 5.60. The molecule has 0 saturated heterocycles. The zero-order chi connectivity index (χ0) is 12.8. The van der Waals surface area contributed by atoms with E-state index in [9.17, 15) is 0 Å². The molecule has 0 radical (unpaired) electrons. The van der Waals surface area contributed by atoms with E-state index in [4.69, 9.17) is 6.42 Å². The van der Waals surface area contributed by atoms with Gasteiger partial charge in [0.2, 0.25) is 0 Å². The molecule has 18 heavy (non-hydrogen) atoms. The summed E-state index contributed by atoms with van der Waals surface area (Å²) in [6.07, 6.45) is 7.07. The smallest absolute Gasteiger partial charge is 0.0857 e. The van der Waals surface area contributed by atoms with E-state index >= 15 is 0 Å². The van der Waals surface area contributed by atoms with Gasteiger partial charge in [-0.25, -0.2) is 0 Å². The van der Waals surface area contributed by atoms with Gasteiger partial charge in [-0.3, -0.25) is 0 Å². The third-order valence-electron chi connectivity index (χ3n) is 2.44.